The average Bonchev–Trinajstić information content (AvgIpc) is 3.40. The first-order valence-corrected chi connectivity index (χ1v) is 13.4. The number of hydrogen-bond acceptors (Lipinski definition) is 6. The van der Waals surface area contributed by atoms with E-state index in [1.54, 1.807) is 23.0 Å². The van der Waals surface area contributed by atoms with Crippen LogP contribution in [0.2, 0.25) is 0 Å². The Morgan fingerprint density at radius 2 is 1.95 bits per heavy atom. The van der Waals surface area contributed by atoms with Crippen molar-refractivity contribution < 1.29 is 19.1 Å². The number of pyridine rings is 1. The number of aryl methyl sites for hydroxylation is 2. The maximum absolute atomic E-state index is 13.6. The third-order valence-electron chi connectivity index (χ3n) is 8.24. The van der Waals surface area contributed by atoms with Gasteiger partial charge in [0.25, 0.3) is 5.91 Å². The molecule has 2 fully saturated rings. The quantitative estimate of drug-likeness (QED) is 0.550. The molecule has 1 saturated heterocycles. The molecule has 0 aromatic carbocycles. The van der Waals surface area contributed by atoms with Crippen molar-refractivity contribution in [2.45, 2.75) is 77.3 Å². The zero-order valence-corrected chi connectivity index (χ0v) is 21.8. The molecular formula is C27H36N6O4. The van der Waals surface area contributed by atoms with Crippen LogP contribution in [0, 0.1) is 18.8 Å². The lowest BCUT2D eigenvalue weighted by Gasteiger charge is -2.32. The van der Waals surface area contributed by atoms with E-state index in [0.717, 1.165) is 36.9 Å². The molecule has 198 valence electrons. The second-order valence-electron chi connectivity index (χ2n) is 10.7. The van der Waals surface area contributed by atoms with Crippen molar-refractivity contribution in [3.8, 4) is 0 Å². The first-order chi connectivity index (χ1) is 17.8. The maximum Gasteiger partial charge on any atom is 0.270 e. The van der Waals surface area contributed by atoms with Crippen LogP contribution in [0.3, 0.4) is 0 Å². The van der Waals surface area contributed by atoms with E-state index in [0.29, 0.717) is 55.7 Å². The Kier molecular flexibility index (Phi) is 7.02. The van der Waals surface area contributed by atoms with E-state index in [4.69, 9.17) is 4.74 Å². The lowest BCUT2D eigenvalue weighted by atomic mass is 9.76. The highest BCUT2D eigenvalue weighted by Crippen LogP contribution is 2.44. The van der Waals surface area contributed by atoms with E-state index < -0.39 is 11.5 Å². The molecule has 2 aromatic rings. The van der Waals surface area contributed by atoms with Gasteiger partial charge in [0.15, 0.2) is 0 Å². The summed E-state index contributed by atoms with van der Waals surface area (Å²) in [6.07, 6.45) is 6.68. The molecule has 3 aliphatic rings. The lowest BCUT2D eigenvalue weighted by Crippen LogP contribution is -2.49. The van der Waals surface area contributed by atoms with E-state index in [2.05, 4.69) is 33.0 Å². The van der Waals surface area contributed by atoms with Crippen LogP contribution in [-0.2, 0) is 26.3 Å². The van der Waals surface area contributed by atoms with E-state index in [-0.39, 0.29) is 23.6 Å². The number of fused-ring (bicyclic) bond motifs is 2. The van der Waals surface area contributed by atoms with Gasteiger partial charge in [0.1, 0.15) is 17.6 Å². The molecule has 1 saturated carbocycles. The van der Waals surface area contributed by atoms with Crippen molar-refractivity contribution in [2.24, 2.45) is 11.8 Å². The Bertz CT molecular complexity index is 1190. The van der Waals surface area contributed by atoms with E-state index in [1.165, 1.54) is 0 Å². The SMILES string of the molecule is CCn1nc(C)cc1C(=O)N[C@H](C(=O)Nc1cc2c(cn1)C1(CCOCC1)C(=O)N2)[C@H]1CC[C@H](C)CC1. The van der Waals surface area contributed by atoms with Gasteiger partial charge >= 0.3 is 0 Å². The zero-order valence-electron chi connectivity index (χ0n) is 21.8. The van der Waals surface area contributed by atoms with Crippen molar-refractivity contribution in [1.29, 1.82) is 0 Å². The predicted octanol–water partition coefficient (Wildman–Crippen LogP) is 3.17. The zero-order chi connectivity index (χ0) is 26.2. The van der Waals surface area contributed by atoms with Crippen molar-refractivity contribution in [3.63, 3.8) is 0 Å². The summed E-state index contributed by atoms with van der Waals surface area (Å²) in [7, 11) is 0. The first-order valence-electron chi connectivity index (χ1n) is 13.4. The molecule has 0 unspecified atom stereocenters. The molecule has 3 amide bonds. The van der Waals surface area contributed by atoms with Crippen LogP contribution < -0.4 is 16.0 Å². The summed E-state index contributed by atoms with van der Waals surface area (Å²) in [5.74, 6) is 0.339. The number of anilines is 2. The number of nitrogens with one attached hydrogen (secondary N) is 3. The molecule has 3 N–H and O–H groups in total. The van der Waals surface area contributed by atoms with Crippen molar-refractivity contribution in [1.82, 2.24) is 20.1 Å². The smallest absolute Gasteiger partial charge is 0.270 e. The molecule has 10 heteroatoms. The molecule has 10 nitrogen and oxygen atoms in total. The second-order valence-corrected chi connectivity index (χ2v) is 10.7. The number of carbonyl (C=O) groups is 3. The average molecular weight is 509 g/mol. The molecule has 2 aromatic heterocycles. The van der Waals surface area contributed by atoms with Crippen LogP contribution in [0.15, 0.2) is 18.3 Å². The Morgan fingerprint density at radius 3 is 2.65 bits per heavy atom. The first kappa shape index (κ1) is 25.4. The number of hydrogen-bond donors (Lipinski definition) is 3. The molecule has 1 spiro atoms. The molecule has 2 aliphatic heterocycles. The normalized spacial score (nSPS) is 23.3. The van der Waals surface area contributed by atoms with E-state index in [1.807, 2.05) is 13.8 Å². The van der Waals surface area contributed by atoms with Gasteiger partial charge in [0.05, 0.1) is 16.8 Å². The van der Waals surface area contributed by atoms with Crippen LogP contribution in [0.25, 0.3) is 0 Å². The summed E-state index contributed by atoms with van der Waals surface area (Å²) in [5.41, 5.74) is 2.12. The highest BCUT2D eigenvalue weighted by atomic mass is 16.5. The van der Waals surface area contributed by atoms with Gasteiger partial charge in [-0.05, 0) is 57.4 Å². The standard InChI is InChI=1S/C27H36N6O4/c1-4-33-21(13-17(3)32-33)24(34)31-23(18-7-5-16(2)6-8-18)25(35)30-22-14-20-19(15-28-22)27(26(36)29-20)9-11-37-12-10-27/h13-16,18,23H,4-12H2,1-3H3,(H,29,36)(H,31,34)(H,28,30,35)/t16-,18-,23-/m0/s1. The lowest BCUT2D eigenvalue weighted by molar-refractivity contribution is -0.124. The molecule has 37 heavy (non-hydrogen) atoms. The molecule has 1 aliphatic carbocycles. The van der Waals surface area contributed by atoms with Gasteiger partial charge in [0.2, 0.25) is 11.8 Å². The number of rotatable bonds is 6. The molecule has 4 heterocycles. The number of aromatic nitrogens is 3. The van der Waals surface area contributed by atoms with Gasteiger partial charge in [-0.3, -0.25) is 19.1 Å². The van der Waals surface area contributed by atoms with Crippen molar-refractivity contribution >= 4 is 29.2 Å². The largest absolute Gasteiger partial charge is 0.381 e. The number of amides is 3. The highest BCUT2D eigenvalue weighted by molar-refractivity contribution is 6.07. The summed E-state index contributed by atoms with van der Waals surface area (Å²) >= 11 is 0. The number of ether oxygens (including phenoxy) is 1. The summed E-state index contributed by atoms with van der Waals surface area (Å²) in [6, 6.07) is 2.76. The fourth-order valence-electron chi connectivity index (χ4n) is 5.99. The minimum Gasteiger partial charge on any atom is -0.381 e. The van der Waals surface area contributed by atoms with Gasteiger partial charge < -0.3 is 20.7 Å². The van der Waals surface area contributed by atoms with Gasteiger partial charge in [0, 0.05) is 37.6 Å². The van der Waals surface area contributed by atoms with Gasteiger partial charge in [-0.2, -0.15) is 5.10 Å². The Hall–Kier alpha value is -3.27. The fourth-order valence-corrected chi connectivity index (χ4v) is 5.99. The fraction of sp³-hybridized carbons (Fsp3) is 0.593. The van der Waals surface area contributed by atoms with Gasteiger partial charge in [-0.25, -0.2) is 4.98 Å². The monoisotopic (exact) mass is 508 g/mol. The highest BCUT2D eigenvalue weighted by Gasteiger charge is 2.48. The molecular weight excluding hydrogens is 472 g/mol. The van der Waals surface area contributed by atoms with Crippen molar-refractivity contribution in [2.75, 3.05) is 23.8 Å². The van der Waals surface area contributed by atoms with Gasteiger partial charge in [-0.1, -0.05) is 19.8 Å². The Labute approximate surface area is 216 Å². The molecule has 0 radical (unpaired) electrons. The summed E-state index contributed by atoms with van der Waals surface area (Å²) in [5, 5.41) is 13.3. The van der Waals surface area contributed by atoms with Crippen LogP contribution in [-0.4, -0.2) is 51.7 Å². The van der Waals surface area contributed by atoms with Crippen molar-refractivity contribution in [3.05, 3.63) is 35.3 Å². The third kappa shape index (κ3) is 4.86. The van der Waals surface area contributed by atoms with Gasteiger partial charge in [-0.15, -0.1) is 0 Å². The van der Waals surface area contributed by atoms with Crippen LogP contribution in [0.5, 0.6) is 0 Å². The number of carbonyl (C=O) groups excluding carboxylic acids is 3. The second kappa shape index (κ2) is 10.2. The van der Waals surface area contributed by atoms with Crippen LogP contribution >= 0.6 is 0 Å². The number of nitrogens with zero attached hydrogens (tertiary/aromatic N) is 3. The molecule has 5 rings (SSSR count). The maximum atomic E-state index is 13.6. The summed E-state index contributed by atoms with van der Waals surface area (Å²) < 4.78 is 7.12. The molecule has 0 bridgehead atoms. The van der Waals surface area contributed by atoms with E-state index in [9.17, 15) is 14.4 Å². The van der Waals surface area contributed by atoms with E-state index >= 15 is 0 Å². The minimum atomic E-state index is -0.702. The summed E-state index contributed by atoms with van der Waals surface area (Å²) in [6.45, 7) is 7.62. The predicted molar refractivity (Wildman–Crippen MR) is 138 cm³/mol. The summed E-state index contributed by atoms with van der Waals surface area (Å²) in [4.78, 5) is 44.2. The minimum absolute atomic E-state index is 0.0267. The Morgan fingerprint density at radius 1 is 1.22 bits per heavy atom. The van der Waals surface area contributed by atoms with Crippen LogP contribution in [0.4, 0.5) is 11.5 Å². The third-order valence-corrected chi connectivity index (χ3v) is 8.24. The Balaban J connectivity index is 1.36. The topological polar surface area (TPSA) is 127 Å². The molecule has 1 atom stereocenters. The van der Waals surface area contributed by atoms with Crippen LogP contribution in [0.1, 0.15) is 74.1 Å².